The Labute approximate surface area is 134 Å². The van der Waals surface area contributed by atoms with Crippen molar-refractivity contribution in [2.75, 3.05) is 23.9 Å². The number of hydrogen-bond acceptors (Lipinski definition) is 4. The molecule has 0 saturated carbocycles. The molecule has 1 atom stereocenters. The van der Waals surface area contributed by atoms with Crippen LogP contribution in [0.2, 0.25) is 5.02 Å². The summed E-state index contributed by atoms with van der Waals surface area (Å²) in [5.41, 5.74) is 0.511. The van der Waals surface area contributed by atoms with Crippen LogP contribution in [0.25, 0.3) is 0 Å². The lowest BCUT2D eigenvalue weighted by atomic mass is 10.2. The maximum absolute atomic E-state index is 12.1. The minimum Gasteiger partial charge on any atom is -0.341 e. The second kappa shape index (κ2) is 6.66. The van der Waals surface area contributed by atoms with Crippen LogP contribution in [0.15, 0.2) is 24.3 Å². The summed E-state index contributed by atoms with van der Waals surface area (Å²) in [6, 6.07) is 6.27. The van der Waals surface area contributed by atoms with E-state index in [1.807, 2.05) is 0 Å². The normalized spacial score (nSPS) is 19.6. The highest BCUT2D eigenvalue weighted by Gasteiger charge is 2.33. The summed E-state index contributed by atoms with van der Waals surface area (Å²) in [5.74, 6) is -0.809. The third kappa shape index (κ3) is 4.45. The van der Waals surface area contributed by atoms with Gasteiger partial charge in [-0.3, -0.25) is 9.59 Å². The van der Waals surface area contributed by atoms with Crippen molar-refractivity contribution < 1.29 is 18.0 Å². The van der Waals surface area contributed by atoms with Gasteiger partial charge in [-0.25, -0.2) is 8.42 Å². The average molecular weight is 345 g/mol. The van der Waals surface area contributed by atoms with Gasteiger partial charge in [-0.05, 0) is 24.6 Å². The van der Waals surface area contributed by atoms with Crippen molar-refractivity contribution in [2.45, 2.75) is 18.9 Å². The second-order valence-electron chi connectivity index (χ2n) is 5.30. The maximum atomic E-state index is 12.1. The van der Waals surface area contributed by atoms with Crippen molar-refractivity contribution in [1.82, 2.24) is 4.90 Å². The van der Waals surface area contributed by atoms with Gasteiger partial charge in [-0.15, -0.1) is 0 Å². The predicted octanol–water partition coefficient (Wildman–Crippen LogP) is 1.31. The largest absolute Gasteiger partial charge is 0.341 e. The lowest BCUT2D eigenvalue weighted by Crippen LogP contribution is -2.39. The molecular formula is C14H17ClN2O4S. The summed E-state index contributed by atoms with van der Waals surface area (Å²) in [6.07, 6.45) is 0.0834. The lowest BCUT2D eigenvalue weighted by Gasteiger charge is -2.23. The van der Waals surface area contributed by atoms with Crippen LogP contribution < -0.4 is 5.32 Å². The highest BCUT2D eigenvalue weighted by Crippen LogP contribution is 2.18. The molecule has 0 spiro atoms. The number of benzene rings is 1. The van der Waals surface area contributed by atoms with E-state index < -0.39 is 21.7 Å². The number of anilines is 1. The van der Waals surface area contributed by atoms with Gasteiger partial charge in [0.25, 0.3) is 0 Å². The molecule has 0 aromatic heterocycles. The summed E-state index contributed by atoms with van der Waals surface area (Å²) >= 11 is 5.81. The molecule has 1 aromatic rings. The summed E-state index contributed by atoms with van der Waals surface area (Å²) < 4.78 is 22.9. The smallest absolute Gasteiger partial charge is 0.233 e. The number of sulfone groups is 1. The number of halogens is 1. The van der Waals surface area contributed by atoms with Crippen LogP contribution in [-0.4, -0.2) is 49.7 Å². The molecule has 8 heteroatoms. The van der Waals surface area contributed by atoms with E-state index in [0.717, 1.165) is 0 Å². The predicted molar refractivity (Wildman–Crippen MR) is 84.5 cm³/mol. The Balaban J connectivity index is 1.90. The summed E-state index contributed by atoms with van der Waals surface area (Å²) in [7, 11) is -1.54. The molecule has 0 aliphatic carbocycles. The van der Waals surface area contributed by atoms with Gasteiger partial charge in [0.15, 0.2) is 9.84 Å². The van der Waals surface area contributed by atoms with Gasteiger partial charge in [-0.2, -0.15) is 0 Å². The van der Waals surface area contributed by atoms with Gasteiger partial charge in [0.2, 0.25) is 11.8 Å². The number of nitrogens with zero attached hydrogens (tertiary/aromatic N) is 1. The van der Waals surface area contributed by atoms with Gasteiger partial charge < -0.3 is 10.2 Å². The molecule has 22 heavy (non-hydrogen) atoms. The summed E-state index contributed by atoms with van der Waals surface area (Å²) in [5, 5.41) is 3.07. The van der Waals surface area contributed by atoms with Crippen molar-refractivity contribution in [1.29, 1.82) is 0 Å². The molecule has 1 heterocycles. The van der Waals surface area contributed by atoms with Crippen molar-refractivity contribution in [3.05, 3.63) is 29.3 Å². The zero-order valence-corrected chi connectivity index (χ0v) is 13.7. The Morgan fingerprint density at radius 3 is 2.73 bits per heavy atom. The van der Waals surface area contributed by atoms with Crippen molar-refractivity contribution in [3.8, 4) is 0 Å². The highest BCUT2D eigenvalue weighted by molar-refractivity contribution is 7.91. The molecule has 1 unspecified atom stereocenters. The minimum absolute atomic E-state index is 0.0366. The monoisotopic (exact) mass is 344 g/mol. The van der Waals surface area contributed by atoms with Crippen LogP contribution in [0.1, 0.15) is 12.8 Å². The van der Waals surface area contributed by atoms with E-state index in [2.05, 4.69) is 5.32 Å². The Morgan fingerprint density at radius 1 is 1.41 bits per heavy atom. The molecule has 0 bridgehead atoms. The zero-order valence-electron chi connectivity index (χ0n) is 12.1. The summed E-state index contributed by atoms with van der Waals surface area (Å²) in [4.78, 5) is 25.3. The SMILES string of the molecule is CN(C(=O)CC(=O)Nc1cccc(Cl)c1)C1CCS(=O)(=O)C1. The molecule has 2 amide bonds. The number of carbonyl (C=O) groups excluding carboxylic acids is 2. The van der Waals surface area contributed by atoms with Crippen LogP contribution in [0.5, 0.6) is 0 Å². The maximum Gasteiger partial charge on any atom is 0.233 e. The molecule has 120 valence electrons. The molecule has 2 rings (SSSR count). The zero-order chi connectivity index (χ0) is 16.3. The summed E-state index contributed by atoms with van der Waals surface area (Å²) in [6.45, 7) is 0. The lowest BCUT2D eigenvalue weighted by molar-refractivity contribution is -0.134. The van der Waals surface area contributed by atoms with Crippen LogP contribution in [0.3, 0.4) is 0 Å². The first-order valence-corrected chi connectivity index (χ1v) is 8.98. The minimum atomic E-state index is -3.06. The first kappa shape index (κ1) is 16.8. The number of hydrogen-bond donors (Lipinski definition) is 1. The van der Waals surface area contributed by atoms with E-state index in [4.69, 9.17) is 11.6 Å². The first-order valence-electron chi connectivity index (χ1n) is 6.78. The van der Waals surface area contributed by atoms with E-state index >= 15 is 0 Å². The van der Waals surface area contributed by atoms with Gasteiger partial charge in [0.1, 0.15) is 6.42 Å². The van der Waals surface area contributed by atoms with Crippen LogP contribution in [-0.2, 0) is 19.4 Å². The highest BCUT2D eigenvalue weighted by atomic mass is 35.5. The molecular weight excluding hydrogens is 328 g/mol. The first-order chi connectivity index (χ1) is 10.3. The molecule has 1 aromatic carbocycles. The Bertz CT molecular complexity index is 690. The Hall–Kier alpha value is -1.60. The Morgan fingerprint density at radius 2 is 2.14 bits per heavy atom. The number of amides is 2. The van der Waals surface area contributed by atoms with Gasteiger partial charge in [0, 0.05) is 23.8 Å². The number of rotatable bonds is 4. The van der Waals surface area contributed by atoms with Gasteiger partial charge >= 0.3 is 0 Å². The molecule has 1 aliphatic heterocycles. The molecule has 0 radical (unpaired) electrons. The van der Waals surface area contributed by atoms with Crippen molar-refractivity contribution in [3.63, 3.8) is 0 Å². The fraction of sp³-hybridized carbons (Fsp3) is 0.429. The van der Waals surface area contributed by atoms with E-state index in [9.17, 15) is 18.0 Å². The third-order valence-electron chi connectivity index (χ3n) is 3.57. The van der Waals surface area contributed by atoms with Crippen molar-refractivity contribution >= 4 is 38.9 Å². The standard InChI is InChI=1S/C14H17ClN2O4S/c1-17(12-5-6-22(20,21)9-12)14(19)8-13(18)16-11-4-2-3-10(15)7-11/h2-4,7,12H,5-6,8-9H2,1H3,(H,16,18). The third-order valence-corrected chi connectivity index (χ3v) is 5.56. The fourth-order valence-electron chi connectivity index (χ4n) is 2.32. The number of nitrogens with one attached hydrogen (secondary N) is 1. The van der Waals surface area contributed by atoms with Gasteiger partial charge in [-0.1, -0.05) is 17.7 Å². The topological polar surface area (TPSA) is 83.6 Å². The molecule has 1 fully saturated rings. The average Bonchev–Trinajstić information content (AvgIpc) is 2.78. The van der Waals surface area contributed by atoms with E-state index in [0.29, 0.717) is 17.1 Å². The van der Waals surface area contributed by atoms with Crippen LogP contribution >= 0.6 is 11.6 Å². The van der Waals surface area contributed by atoms with Gasteiger partial charge in [0.05, 0.1) is 11.5 Å². The van der Waals surface area contributed by atoms with E-state index in [1.165, 1.54) is 11.9 Å². The molecule has 1 N–H and O–H groups in total. The molecule has 1 aliphatic rings. The Kier molecular flexibility index (Phi) is 5.08. The fourth-order valence-corrected chi connectivity index (χ4v) is 4.28. The molecule has 1 saturated heterocycles. The number of carbonyl (C=O) groups is 2. The second-order valence-corrected chi connectivity index (χ2v) is 7.96. The van der Waals surface area contributed by atoms with Crippen LogP contribution in [0.4, 0.5) is 5.69 Å². The quantitative estimate of drug-likeness (QED) is 0.835. The van der Waals surface area contributed by atoms with Crippen molar-refractivity contribution in [2.24, 2.45) is 0 Å². The van der Waals surface area contributed by atoms with Crippen LogP contribution in [0, 0.1) is 0 Å². The van der Waals surface area contributed by atoms with E-state index in [1.54, 1.807) is 24.3 Å². The molecule has 6 nitrogen and oxygen atoms in total. The van der Waals surface area contributed by atoms with E-state index in [-0.39, 0.29) is 24.0 Å².